The Hall–Kier alpha value is -0.330. The summed E-state index contributed by atoms with van der Waals surface area (Å²) in [4.78, 5) is 12.1. The molecular weight excluding hydrogens is 220 g/mol. The van der Waals surface area contributed by atoms with Gasteiger partial charge in [-0.2, -0.15) is 0 Å². The van der Waals surface area contributed by atoms with Gasteiger partial charge in [0.2, 0.25) is 0 Å². The first-order valence-electron chi connectivity index (χ1n) is 7.84. The van der Waals surface area contributed by atoms with Crippen LogP contribution in [0.4, 0.5) is 0 Å². The van der Waals surface area contributed by atoms with Crippen LogP contribution in [0.25, 0.3) is 0 Å². The van der Waals surface area contributed by atoms with Gasteiger partial charge in [-0.05, 0) is 67.6 Å². The van der Waals surface area contributed by atoms with Crippen LogP contribution in [0.3, 0.4) is 0 Å². The lowest BCUT2D eigenvalue weighted by Gasteiger charge is -2.52. The number of hydrogen-bond acceptors (Lipinski definition) is 1. The van der Waals surface area contributed by atoms with E-state index in [1.54, 1.807) is 0 Å². The van der Waals surface area contributed by atoms with Crippen LogP contribution < -0.4 is 0 Å². The van der Waals surface area contributed by atoms with Gasteiger partial charge in [0.15, 0.2) is 0 Å². The molecule has 0 spiro atoms. The predicted octanol–water partition coefficient (Wildman–Crippen LogP) is 4.31. The van der Waals surface area contributed by atoms with E-state index in [2.05, 4.69) is 27.7 Å². The van der Waals surface area contributed by atoms with E-state index in [0.29, 0.717) is 23.0 Å². The normalized spacial score (nSPS) is 58.6. The molecule has 0 heterocycles. The number of hydrogen-bond donors (Lipinski definition) is 0. The van der Waals surface area contributed by atoms with Gasteiger partial charge >= 0.3 is 0 Å². The van der Waals surface area contributed by atoms with Crippen molar-refractivity contribution < 1.29 is 4.79 Å². The van der Waals surface area contributed by atoms with Crippen LogP contribution in [0.1, 0.15) is 60.3 Å². The van der Waals surface area contributed by atoms with Crippen LogP contribution in [0, 0.1) is 40.4 Å². The molecule has 0 radical (unpaired) electrons. The molecule has 3 rings (SSSR count). The van der Waals surface area contributed by atoms with Gasteiger partial charge in [-0.25, -0.2) is 0 Å². The zero-order valence-electron chi connectivity index (χ0n) is 12.6. The van der Waals surface area contributed by atoms with Crippen LogP contribution >= 0.6 is 0 Å². The first-order valence-corrected chi connectivity index (χ1v) is 7.84. The molecule has 1 heteroatoms. The van der Waals surface area contributed by atoms with Crippen LogP contribution in [-0.4, -0.2) is 5.78 Å². The number of fused-ring (bicyclic) bond motifs is 2. The Bertz CT molecular complexity index is 387. The fourth-order valence-electron chi connectivity index (χ4n) is 5.74. The summed E-state index contributed by atoms with van der Waals surface area (Å²) in [5.74, 6) is 4.27. The van der Waals surface area contributed by atoms with Gasteiger partial charge < -0.3 is 0 Å². The molecular formula is C17H28O. The van der Waals surface area contributed by atoms with Gasteiger partial charge in [0.25, 0.3) is 0 Å². The van der Waals surface area contributed by atoms with Crippen LogP contribution in [0.5, 0.6) is 0 Å². The van der Waals surface area contributed by atoms with Crippen LogP contribution in [0.15, 0.2) is 0 Å². The number of carbonyl (C=O) groups is 1. The molecule has 102 valence electrons. The Kier molecular flexibility index (Phi) is 2.55. The van der Waals surface area contributed by atoms with Crippen molar-refractivity contribution in [2.45, 2.75) is 60.3 Å². The van der Waals surface area contributed by atoms with Crippen molar-refractivity contribution in [1.82, 2.24) is 0 Å². The summed E-state index contributed by atoms with van der Waals surface area (Å²) in [6, 6.07) is 0. The summed E-state index contributed by atoms with van der Waals surface area (Å²) in [7, 11) is 0. The van der Waals surface area contributed by atoms with E-state index >= 15 is 0 Å². The zero-order valence-corrected chi connectivity index (χ0v) is 12.6. The number of ketones is 1. The highest BCUT2D eigenvalue weighted by Crippen LogP contribution is 2.73. The SMILES string of the molecule is CC(=O)[C@@]12CC3[C@H](C)C(C)CC[C@]3(C)CC1[C@H]2C. The van der Waals surface area contributed by atoms with E-state index in [1.165, 1.54) is 25.7 Å². The lowest BCUT2D eigenvalue weighted by atomic mass is 9.52. The smallest absolute Gasteiger partial charge is 0.136 e. The summed E-state index contributed by atoms with van der Waals surface area (Å²) in [5, 5.41) is 0. The molecule has 0 aromatic heterocycles. The topological polar surface area (TPSA) is 17.1 Å². The molecule has 3 aliphatic carbocycles. The molecule has 0 aromatic rings. The third kappa shape index (κ3) is 1.37. The Morgan fingerprint density at radius 2 is 1.78 bits per heavy atom. The van der Waals surface area contributed by atoms with E-state index < -0.39 is 0 Å². The molecule has 3 aliphatic rings. The molecule has 0 N–H and O–H groups in total. The van der Waals surface area contributed by atoms with Gasteiger partial charge in [-0.3, -0.25) is 4.79 Å². The summed E-state index contributed by atoms with van der Waals surface area (Å²) in [5.41, 5.74) is 0.621. The quantitative estimate of drug-likeness (QED) is 0.676. The standard InChI is InChI=1S/C17H28O/c1-10-6-7-16(5)8-15-12(3)17(15,13(4)18)9-14(16)11(10)2/h10-12,14-15H,6-9H2,1-5H3/t10?,11-,12-,14?,15?,16-,17+/m1/s1. The Labute approximate surface area is 112 Å². The minimum absolute atomic E-state index is 0.0928. The highest BCUT2D eigenvalue weighted by molar-refractivity contribution is 5.86. The van der Waals surface area contributed by atoms with Crippen molar-refractivity contribution in [2.75, 3.05) is 0 Å². The van der Waals surface area contributed by atoms with Crippen LogP contribution in [0.2, 0.25) is 0 Å². The molecule has 3 saturated carbocycles. The predicted molar refractivity (Wildman–Crippen MR) is 74.2 cm³/mol. The first-order chi connectivity index (χ1) is 8.33. The highest BCUT2D eigenvalue weighted by atomic mass is 16.1. The summed E-state index contributed by atoms with van der Waals surface area (Å²) >= 11 is 0. The van der Waals surface area contributed by atoms with Crippen LogP contribution in [-0.2, 0) is 4.79 Å². The minimum Gasteiger partial charge on any atom is -0.299 e. The molecule has 0 amide bonds. The lowest BCUT2D eigenvalue weighted by Crippen LogP contribution is -2.45. The van der Waals surface area contributed by atoms with Gasteiger partial charge in [-0.15, -0.1) is 0 Å². The fraction of sp³-hybridized carbons (Fsp3) is 0.941. The maximum absolute atomic E-state index is 12.1. The molecule has 18 heavy (non-hydrogen) atoms. The lowest BCUT2D eigenvalue weighted by molar-refractivity contribution is -0.127. The van der Waals surface area contributed by atoms with Crippen molar-refractivity contribution in [2.24, 2.45) is 40.4 Å². The second-order valence-electron chi connectivity index (χ2n) is 8.04. The first kappa shape index (κ1) is 12.7. The van der Waals surface area contributed by atoms with Crippen molar-refractivity contribution in [1.29, 1.82) is 0 Å². The maximum atomic E-state index is 12.1. The molecule has 3 unspecified atom stereocenters. The summed E-state index contributed by atoms with van der Waals surface area (Å²) in [6.45, 7) is 11.5. The van der Waals surface area contributed by atoms with Gasteiger partial charge in [0.1, 0.15) is 5.78 Å². The minimum atomic E-state index is 0.0928. The number of carbonyl (C=O) groups excluding carboxylic acids is 1. The molecule has 0 aliphatic heterocycles. The Morgan fingerprint density at radius 1 is 1.11 bits per heavy atom. The fourth-order valence-corrected chi connectivity index (χ4v) is 5.74. The third-order valence-electron chi connectivity index (χ3n) is 7.47. The van der Waals surface area contributed by atoms with E-state index in [-0.39, 0.29) is 5.41 Å². The highest BCUT2D eigenvalue weighted by Gasteiger charge is 2.70. The van der Waals surface area contributed by atoms with Gasteiger partial charge in [-0.1, -0.05) is 27.7 Å². The number of rotatable bonds is 1. The van der Waals surface area contributed by atoms with Gasteiger partial charge in [0.05, 0.1) is 0 Å². The Morgan fingerprint density at radius 3 is 2.39 bits per heavy atom. The third-order valence-corrected chi connectivity index (χ3v) is 7.47. The molecule has 7 atom stereocenters. The monoisotopic (exact) mass is 248 g/mol. The molecule has 0 bridgehead atoms. The van der Waals surface area contributed by atoms with Crippen molar-refractivity contribution in [3.05, 3.63) is 0 Å². The van der Waals surface area contributed by atoms with Gasteiger partial charge in [0, 0.05) is 5.41 Å². The second kappa shape index (κ2) is 3.61. The van der Waals surface area contributed by atoms with Crippen molar-refractivity contribution in [3.63, 3.8) is 0 Å². The van der Waals surface area contributed by atoms with Crippen molar-refractivity contribution >= 4 is 5.78 Å². The Balaban J connectivity index is 1.92. The summed E-state index contributed by atoms with van der Waals surface area (Å²) in [6.07, 6.45) is 5.29. The summed E-state index contributed by atoms with van der Waals surface area (Å²) < 4.78 is 0. The zero-order chi connectivity index (χ0) is 13.3. The average molecular weight is 248 g/mol. The molecule has 3 fully saturated rings. The molecule has 0 aromatic carbocycles. The molecule has 0 saturated heterocycles. The van der Waals surface area contributed by atoms with E-state index in [4.69, 9.17) is 0 Å². The van der Waals surface area contributed by atoms with E-state index in [0.717, 1.165) is 17.8 Å². The van der Waals surface area contributed by atoms with E-state index in [9.17, 15) is 4.79 Å². The average Bonchev–Trinajstić information content (AvgIpc) is 2.89. The number of Topliss-reactive ketones (excluding diaryl/α,β-unsaturated/α-hetero) is 1. The van der Waals surface area contributed by atoms with Crippen molar-refractivity contribution in [3.8, 4) is 0 Å². The maximum Gasteiger partial charge on any atom is 0.136 e. The van der Waals surface area contributed by atoms with E-state index in [1.807, 2.05) is 6.92 Å². The second-order valence-corrected chi connectivity index (χ2v) is 8.04. The molecule has 1 nitrogen and oxygen atoms in total. The largest absolute Gasteiger partial charge is 0.299 e.